The second-order valence-electron chi connectivity index (χ2n) is 6.08. The molecular weight excluding hydrogens is 266 g/mol. The van der Waals surface area contributed by atoms with Crippen molar-refractivity contribution in [3.63, 3.8) is 0 Å². The molecule has 0 fully saturated rings. The molecule has 0 unspecified atom stereocenters. The molecular formula is C17H25NO3. The molecule has 1 aromatic carbocycles. The van der Waals surface area contributed by atoms with Gasteiger partial charge >= 0.3 is 5.97 Å². The minimum absolute atomic E-state index is 0.0650. The van der Waals surface area contributed by atoms with E-state index in [9.17, 15) is 9.59 Å². The number of esters is 1. The zero-order chi connectivity index (χ0) is 16.0. The maximum Gasteiger partial charge on any atom is 0.307 e. The van der Waals surface area contributed by atoms with Crippen molar-refractivity contribution in [2.45, 2.75) is 39.5 Å². The normalized spacial score (nSPS) is 11.1. The molecule has 1 rings (SSSR count). The maximum absolute atomic E-state index is 12.6. The summed E-state index contributed by atoms with van der Waals surface area (Å²) in [6.07, 6.45) is 0.216. The Hall–Kier alpha value is -1.84. The molecule has 0 heterocycles. The highest BCUT2D eigenvalue weighted by atomic mass is 16.5. The van der Waals surface area contributed by atoms with Gasteiger partial charge in [0.15, 0.2) is 0 Å². The second kappa shape index (κ2) is 7.25. The number of hydrogen-bond acceptors (Lipinski definition) is 3. The average molecular weight is 291 g/mol. The van der Waals surface area contributed by atoms with Crippen LogP contribution in [0.4, 0.5) is 0 Å². The Labute approximate surface area is 127 Å². The van der Waals surface area contributed by atoms with Crippen LogP contribution >= 0.6 is 0 Å². The van der Waals surface area contributed by atoms with Crippen LogP contribution in [-0.2, 0) is 14.9 Å². The van der Waals surface area contributed by atoms with E-state index in [0.29, 0.717) is 18.7 Å². The van der Waals surface area contributed by atoms with Gasteiger partial charge in [-0.15, -0.1) is 0 Å². The molecule has 0 radical (unpaired) electrons. The Morgan fingerprint density at radius 2 is 1.81 bits per heavy atom. The highest BCUT2D eigenvalue weighted by molar-refractivity contribution is 5.96. The molecule has 21 heavy (non-hydrogen) atoms. The van der Waals surface area contributed by atoms with Crippen LogP contribution in [0.1, 0.15) is 50.0 Å². The molecule has 0 saturated carbocycles. The van der Waals surface area contributed by atoms with Crippen molar-refractivity contribution in [1.29, 1.82) is 0 Å². The summed E-state index contributed by atoms with van der Waals surface area (Å²) in [6, 6.07) is 7.62. The van der Waals surface area contributed by atoms with Crippen molar-refractivity contribution in [3.8, 4) is 0 Å². The van der Waals surface area contributed by atoms with Crippen LogP contribution < -0.4 is 0 Å². The first kappa shape index (κ1) is 17.2. The molecule has 0 aliphatic rings. The average Bonchev–Trinajstić information content (AvgIpc) is 2.43. The van der Waals surface area contributed by atoms with Crippen LogP contribution in [0.15, 0.2) is 24.3 Å². The van der Waals surface area contributed by atoms with Crippen molar-refractivity contribution in [2.24, 2.45) is 0 Å². The topological polar surface area (TPSA) is 46.6 Å². The molecule has 0 bridgehead atoms. The number of carbonyl (C=O) groups is 2. The van der Waals surface area contributed by atoms with E-state index in [-0.39, 0.29) is 23.7 Å². The van der Waals surface area contributed by atoms with E-state index in [1.54, 1.807) is 18.9 Å². The number of amides is 1. The van der Waals surface area contributed by atoms with Gasteiger partial charge in [0, 0.05) is 19.2 Å². The summed E-state index contributed by atoms with van der Waals surface area (Å²) in [5, 5.41) is 0. The molecule has 0 aliphatic carbocycles. The highest BCUT2D eigenvalue weighted by Crippen LogP contribution is 2.26. The lowest BCUT2D eigenvalue weighted by Crippen LogP contribution is -2.31. The zero-order valence-corrected chi connectivity index (χ0v) is 13.6. The standard InChI is InChI=1S/C17H25NO3/c1-6-21-15(19)11-12-18(5)16(20)13-9-7-8-10-14(13)17(2,3)4/h7-10H,6,11-12H2,1-5H3. The van der Waals surface area contributed by atoms with Crippen LogP contribution in [0.2, 0.25) is 0 Å². The van der Waals surface area contributed by atoms with Crippen LogP contribution in [0, 0.1) is 0 Å². The lowest BCUT2D eigenvalue weighted by molar-refractivity contribution is -0.143. The quantitative estimate of drug-likeness (QED) is 0.783. The van der Waals surface area contributed by atoms with Crippen molar-refractivity contribution in [2.75, 3.05) is 20.2 Å². The minimum atomic E-state index is -0.277. The fourth-order valence-corrected chi connectivity index (χ4v) is 2.12. The van der Waals surface area contributed by atoms with Gasteiger partial charge in [-0.2, -0.15) is 0 Å². The summed E-state index contributed by atoms with van der Waals surface area (Å²) in [5.74, 6) is -0.342. The third-order valence-corrected chi connectivity index (χ3v) is 3.27. The lowest BCUT2D eigenvalue weighted by Gasteiger charge is -2.25. The monoisotopic (exact) mass is 291 g/mol. The molecule has 1 amide bonds. The number of rotatable bonds is 5. The predicted molar refractivity (Wildman–Crippen MR) is 83.4 cm³/mol. The number of ether oxygens (including phenoxy) is 1. The van der Waals surface area contributed by atoms with E-state index in [0.717, 1.165) is 5.56 Å². The molecule has 116 valence electrons. The van der Waals surface area contributed by atoms with Gasteiger partial charge in [0.1, 0.15) is 0 Å². The van der Waals surface area contributed by atoms with Gasteiger partial charge in [0.05, 0.1) is 13.0 Å². The molecule has 1 aromatic rings. The summed E-state index contributed by atoms with van der Waals surface area (Å²) in [7, 11) is 1.71. The molecule has 4 nitrogen and oxygen atoms in total. The van der Waals surface area contributed by atoms with Gasteiger partial charge < -0.3 is 9.64 Å². The molecule has 0 spiro atoms. The molecule has 0 N–H and O–H groups in total. The fraction of sp³-hybridized carbons (Fsp3) is 0.529. The lowest BCUT2D eigenvalue weighted by atomic mass is 9.83. The first-order valence-electron chi connectivity index (χ1n) is 7.28. The third-order valence-electron chi connectivity index (χ3n) is 3.27. The van der Waals surface area contributed by atoms with Gasteiger partial charge in [0.2, 0.25) is 0 Å². The van der Waals surface area contributed by atoms with Gasteiger partial charge in [0.25, 0.3) is 5.91 Å². The molecule has 0 aromatic heterocycles. The van der Waals surface area contributed by atoms with Gasteiger partial charge in [-0.25, -0.2) is 0 Å². The first-order chi connectivity index (χ1) is 9.77. The summed E-state index contributed by atoms with van der Waals surface area (Å²) >= 11 is 0. The van der Waals surface area contributed by atoms with Gasteiger partial charge in [-0.05, 0) is 24.0 Å². The number of hydrogen-bond donors (Lipinski definition) is 0. The highest BCUT2D eigenvalue weighted by Gasteiger charge is 2.23. The van der Waals surface area contributed by atoms with Gasteiger partial charge in [-0.3, -0.25) is 9.59 Å². The molecule has 0 atom stereocenters. The molecule has 0 aliphatic heterocycles. The van der Waals surface area contributed by atoms with Crippen molar-refractivity contribution < 1.29 is 14.3 Å². The first-order valence-corrected chi connectivity index (χ1v) is 7.28. The molecule has 0 saturated heterocycles. The van der Waals surface area contributed by atoms with Crippen LogP contribution in [-0.4, -0.2) is 37.0 Å². The van der Waals surface area contributed by atoms with E-state index in [1.165, 1.54) is 0 Å². The summed E-state index contributed by atoms with van der Waals surface area (Å²) in [6.45, 7) is 8.74. The fourth-order valence-electron chi connectivity index (χ4n) is 2.12. The Balaban J connectivity index is 2.82. The smallest absolute Gasteiger partial charge is 0.307 e. The number of nitrogens with zero attached hydrogens (tertiary/aromatic N) is 1. The van der Waals surface area contributed by atoms with Crippen molar-refractivity contribution >= 4 is 11.9 Å². The number of carbonyl (C=O) groups excluding carboxylic acids is 2. The Kier molecular flexibility index (Phi) is 5.94. The third kappa shape index (κ3) is 4.88. The maximum atomic E-state index is 12.6. The summed E-state index contributed by atoms with van der Waals surface area (Å²) in [5.41, 5.74) is 1.60. The Morgan fingerprint density at radius 3 is 2.38 bits per heavy atom. The summed E-state index contributed by atoms with van der Waals surface area (Å²) in [4.78, 5) is 25.5. The second-order valence-corrected chi connectivity index (χ2v) is 6.08. The van der Waals surface area contributed by atoms with Crippen LogP contribution in [0.25, 0.3) is 0 Å². The van der Waals surface area contributed by atoms with Crippen molar-refractivity contribution in [3.05, 3.63) is 35.4 Å². The SMILES string of the molecule is CCOC(=O)CCN(C)C(=O)c1ccccc1C(C)(C)C. The summed E-state index contributed by atoms with van der Waals surface area (Å²) < 4.78 is 4.88. The zero-order valence-electron chi connectivity index (χ0n) is 13.6. The largest absolute Gasteiger partial charge is 0.466 e. The van der Waals surface area contributed by atoms with E-state index in [2.05, 4.69) is 20.8 Å². The minimum Gasteiger partial charge on any atom is -0.466 e. The van der Waals surface area contributed by atoms with Crippen molar-refractivity contribution in [1.82, 2.24) is 4.90 Å². The van der Waals surface area contributed by atoms with E-state index < -0.39 is 0 Å². The van der Waals surface area contributed by atoms with E-state index >= 15 is 0 Å². The van der Waals surface area contributed by atoms with Gasteiger partial charge in [-0.1, -0.05) is 39.0 Å². The van der Waals surface area contributed by atoms with E-state index in [1.807, 2.05) is 24.3 Å². The molecule has 4 heteroatoms. The van der Waals surface area contributed by atoms with E-state index in [4.69, 9.17) is 4.74 Å². The number of benzene rings is 1. The van der Waals surface area contributed by atoms with Crippen LogP contribution in [0.5, 0.6) is 0 Å². The Morgan fingerprint density at radius 1 is 1.19 bits per heavy atom. The predicted octanol–water partition coefficient (Wildman–Crippen LogP) is 3.01. The Bertz CT molecular complexity index is 503. The van der Waals surface area contributed by atoms with Crippen LogP contribution in [0.3, 0.4) is 0 Å².